The third kappa shape index (κ3) is 5.62. The van der Waals surface area contributed by atoms with Crippen LogP contribution in [0, 0.1) is 5.92 Å². The van der Waals surface area contributed by atoms with Gasteiger partial charge in [-0.15, -0.1) is 11.3 Å². The standard InChI is InChI=1S/C29H29N5O4S/c1-16(11-18-14-31-22-7-3-2-5-19(18)22)12-25(35)24-15-39-29(33-24)34-27(36)17-8-9-23-21(13-17)20(6-4-10-30)26(32-23)28(37)38/h2-3,5,7-9,13-16,31-32H,4,6,10-12,30H2,1H3,(H,37,38)(H,33,34,36). The van der Waals surface area contributed by atoms with E-state index in [-0.39, 0.29) is 23.3 Å². The largest absolute Gasteiger partial charge is 0.477 e. The molecule has 5 aromatic rings. The molecular formula is C29H29N5O4S. The number of nitrogens with one attached hydrogen (secondary N) is 3. The maximum Gasteiger partial charge on any atom is 0.352 e. The first kappa shape index (κ1) is 26.3. The lowest BCUT2D eigenvalue weighted by molar-refractivity contribution is 0.0689. The summed E-state index contributed by atoms with van der Waals surface area (Å²) < 4.78 is 0. The number of aromatic amines is 2. The van der Waals surface area contributed by atoms with Crippen LogP contribution in [-0.2, 0) is 12.8 Å². The molecule has 9 nitrogen and oxygen atoms in total. The van der Waals surface area contributed by atoms with Crippen LogP contribution in [-0.4, -0.2) is 44.3 Å². The molecule has 0 saturated carbocycles. The monoisotopic (exact) mass is 543 g/mol. The van der Waals surface area contributed by atoms with Crippen molar-refractivity contribution in [2.24, 2.45) is 11.7 Å². The Morgan fingerprint density at radius 2 is 1.95 bits per heavy atom. The van der Waals surface area contributed by atoms with E-state index in [1.165, 1.54) is 22.3 Å². The number of Topliss-reactive ketones (excluding diaryl/α,β-unsaturated/α-hetero) is 1. The predicted octanol–water partition coefficient (Wildman–Crippen LogP) is 5.40. The lowest BCUT2D eigenvalue weighted by Crippen LogP contribution is -2.12. The fourth-order valence-corrected chi connectivity index (χ4v) is 5.62. The van der Waals surface area contributed by atoms with Gasteiger partial charge in [0.15, 0.2) is 10.9 Å². The van der Waals surface area contributed by atoms with E-state index in [2.05, 4.69) is 26.3 Å². The second kappa shape index (κ2) is 11.2. The molecule has 0 bridgehead atoms. The third-order valence-electron chi connectivity index (χ3n) is 6.80. The SMILES string of the molecule is CC(CC(=O)c1csc(NC(=O)c2ccc3[nH]c(C(=O)O)c(CCCN)c3c2)n1)Cc1c[nH]c2ccccc12. The van der Waals surface area contributed by atoms with Crippen LogP contribution >= 0.6 is 11.3 Å². The molecule has 1 unspecified atom stereocenters. The number of anilines is 1. The molecule has 0 aliphatic carbocycles. The molecule has 3 aromatic heterocycles. The number of aromatic nitrogens is 3. The van der Waals surface area contributed by atoms with E-state index in [1.807, 2.05) is 31.3 Å². The number of nitrogens with two attached hydrogens (primary N) is 1. The van der Waals surface area contributed by atoms with Crippen molar-refractivity contribution in [3.05, 3.63) is 82.1 Å². The van der Waals surface area contributed by atoms with E-state index < -0.39 is 5.97 Å². The molecule has 3 heterocycles. The number of carbonyl (C=O) groups excluding carboxylic acids is 2. The number of hydrogen-bond donors (Lipinski definition) is 5. The highest BCUT2D eigenvalue weighted by atomic mass is 32.1. The summed E-state index contributed by atoms with van der Waals surface area (Å²) in [5.74, 6) is -1.40. The highest BCUT2D eigenvalue weighted by Gasteiger charge is 2.20. The topological polar surface area (TPSA) is 154 Å². The van der Waals surface area contributed by atoms with Crippen LogP contribution in [0.15, 0.2) is 54.0 Å². The molecule has 10 heteroatoms. The number of thiazole rings is 1. The number of carboxylic acid groups (broad SMARTS) is 1. The molecule has 6 N–H and O–H groups in total. The minimum Gasteiger partial charge on any atom is -0.477 e. The number of para-hydroxylation sites is 1. The van der Waals surface area contributed by atoms with Crippen LogP contribution in [0.4, 0.5) is 5.13 Å². The van der Waals surface area contributed by atoms with Crippen molar-refractivity contribution < 1.29 is 19.5 Å². The molecule has 5 rings (SSSR count). The van der Waals surface area contributed by atoms with Crippen molar-refractivity contribution >= 4 is 55.9 Å². The number of benzene rings is 2. The molecule has 0 saturated heterocycles. The van der Waals surface area contributed by atoms with E-state index in [0.29, 0.717) is 58.7 Å². The number of fused-ring (bicyclic) bond motifs is 2. The maximum atomic E-state index is 13.0. The zero-order chi connectivity index (χ0) is 27.5. The van der Waals surface area contributed by atoms with Gasteiger partial charge in [-0.25, -0.2) is 9.78 Å². The lowest BCUT2D eigenvalue weighted by atomic mass is 9.95. The van der Waals surface area contributed by atoms with Crippen molar-refractivity contribution in [2.45, 2.75) is 32.6 Å². The van der Waals surface area contributed by atoms with Gasteiger partial charge in [-0.05, 0) is 67.1 Å². The summed E-state index contributed by atoms with van der Waals surface area (Å²) in [7, 11) is 0. The van der Waals surface area contributed by atoms with Crippen LogP contribution in [0.25, 0.3) is 21.8 Å². The number of amides is 1. The van der Waals surface area contributed by atoms with Gasteiger partial charge < -0.3 is 20.8 Å². The van der Waals surface area contributed by atoms with Crippen LogP contribution in [0.5, 0.6) is 0 Å². The Morgan fingerprint density at radius 1 is 1.13 bits per heavy atom. The summed E-state index contributed by atoms with van der Waals surface area (Å²) in [5.41, 5.74) is 9.95. The average molecular weight is 544 g/mol. The fourth-order valence-electron chi connectivity index (χ4n) is 4.91. The molecule has 0 fully saturated rings. The Kier molecular flexibility index (Phi) is 7.58. The Balaban J connectivity index is 1.25. The Bertz CT molecular complexity index is 1680. The van der Waals surface area contributed by atoms with E-state index in [0.717, 1.165) is 11.9 Å². The first-order valence-corrected chi connectivity index (χ1v) is 13.6. The maximum absolute atomic E-state index is 13.0. The predicted molar refractivity (Wildman–Crippen MR) is 153 cm³/mol. The van der Waals surface area contributed by atoms with Gasteiger partial charge in [-0.1, -0.05) is 25.1 Å². The summed E-state index contributed by atoms with van der Waals surface area (Å²) in [6.45, 7) is 2.47. The number of carbonyl (C=O) groups is 3. The van der Waals surface area contributed by atoms with Gasteiger partial charge in [0.05, 0.1) is 0 Å². The number of H-pyrrole nitrogens is 2. The molecule has 2 aromatic carbocycles. The van der Waals surface area contributed by atoms with Crippen LogP contribution in [0.1, 0.15) is 62.2 Å². The average Bonchev–Trinajstić information content (AvgIpc) is 3.64. The second-order valence-corrected chi connectivity index (χ2v) is 10.6. The van der Waals surface area contributed by atoms with Gasteiger partial charge in [0.1, 0.15) is 11.4 Å². The Morgan fingerprint density at radius 3 is 2.74 bits per heavy atom. The van der Waals surface area contributed by atoms with Crippen LogP contribution in [0.3, 0.4) is 0 Å². The minimum absolute atomic E-state index is 0.0708. The van der Waals surface area contributed by atoms with E-state index in [1.54, 1.807) is 23.6 Å². The summed E-state index contributed by atoms with van der Waals surface area (Å²) >= 11 is 1.19. The van der Waals surface area contributed by atoms with Crippen LogP contribution < -0.4 is 11.1 Å². The van der Waals surface area contributed by atoms with Gasteiger partial charge in [0, 0.05) is 45.4 Å². The summed E-state index contributed by atoms with van der Waals surface area (Å²) in [6.07, 6.45) is 4.22. The van der Waals surface area contributed by atoms with Crippen molar-refractivity contribution in [3.8, 4) is 0 Å². The minimum atomic E-state index is -1.06. The molecule has 0 aliphatic rings. The smallest absolute Gasteiger partial charge is 0.352 e. The molecule has 0 spiro atoms. The van der Waals surface area contributed by atoms with Gasteiger partial charge in [-0.2, -0.15) is 0 Å². The van der Waals surface area contributed by atoms with Gasteiger partial charge in [0.2, 0.25) is 0 Å². The molecule has 0 radical (unpaired) electrons. The zero-order valence-corrected chi connectivity index (χ0v) is 22.2. The van der Waals surface area contributed by atoms with Gasteiger partial charge in [0.25, 0.3) is 5.91 Å². The van der Waals surface area contributed by atoms with Crippen molar-refractivity contribution in [1.29, 1.82) is 0 Å². The third-order valence-corrected chi connectivity index (χ3v) is 7.56. The molecule has 1 atom stereocenters. The quantitative estimate of drug-likeness (QED) is 0.141. The fraction of sp³-hybridized carbons (Fsp3) is 0.241. The second-order valence-electron chi connectivity index (χ2n) is 9.72. The van der Waals surface area contributed by atoms with Gasteiger partial charge >= 0.3 is 5.97 Å². The highest BCUT2D eigenvalue weighted by molar-refractivity contribution is 7.14. The number of hydrogen-bond acceptors (Lipinski definition) is 6. The Labute approximate surface area is 228 Å². The first-order chi connectivity index (χ1) is 18.8. The summed E-state index contributed by atoms with van der Waals surface area (Å²) in [4.78, 5) is 48.1. The van der Waals surface area contributed by atoms with E-state index >= 15 is 0 Å². The molecule has 200 valence electrons. The number of carboxylic acids is 1. The highest BCUT2D eigenvalue weighted by Crippen LogP contribution is 2.27. The number of aryl methyl sites for hydroxylation is 1. The first-order valence-electron chi connectivity index (χ1n) is 12.8. The normalized spacial score (nSPS) is 12.2. The number of ketones is 1. The van der Waals surface area contributed by atoms with Gasteiger partial charge in [-0.3, -0.25) is 14.9 Å². The summed E-state index contributed by atoms with van der Waals surface area (Å²) in [5, 5.41) is 16.2. The number of aromatic carboxylic acids is 1. The molecular weight excluding hydrogens is 514 g/mol. The van der Waals surface area contributed by atoms with Crippen molar-refractivity contribution in [2.75, 3.05) is 11.9 Å². The van der Waals surface area contributed by atoms with Crippen molar-refractivity contribution in [1.82, 2.24) is 15.0 Å². The van der Waals surface area contributed by atoms with Crippen LogP contribution in [0.2, 0.25) is 0 Å². The number of nitrogens with zero attached hydrogens (tertiary/aromatic N) is 1. The lowest BCUT2D eigenvalue weighted by Gasteiger charge is -2.09. The molecule has 0 aliphatic heterocycles. The Hall–Kier alpha value is -4.28. The van der Waals surface area contributed by atoms with Crippen molar-refractivity contribution in [3.63, 3.8) is 0 Å². The molecule has 1 amide bonds. The van der Waals surface area contributed by atoms with E-state index in [9.17, 15) is 19.5 Å². The zero-order valence-electron chi connectivity index (χ0n) is 21.4. The summed E-state index contributed by atoms with van der Waals surface area (Å²) in [6, 6.07) is 13.1. The molecule has 39 heavy (non-hydrogen) atoms. The van der Waals surface area contributed by atoms with E-state index in [4.69, 9.17) is 5.73 Å². The number of rotatable bonds is 11.